The van der Waals surface area contributed by atoms with Gasteiger partial charge in [0.15, 0.2) is 13.5 Å². The monoisotopic (exact) mass is 537 g/mol. The van der Waals surface area contributed by atoms with Crippen molar-refractivity contribution >= 4 is 11.6 Å². The lowest BCUT2D eigenvalue weighted by Crippen LogP contribution is -2.33. The average molecular weight is 538 g/mol. The van der Waals surface area contributed by atoms with E-state index in [2.05, 4.69) is 97.8 Å². The maximum Gasteiger partial charge on any atom is 0.228 e. The number of hydrogen-bond acceptors (Lipinski definition) is 7. The molecule has 0 saturated carbocycles. The van der Waals surface area contributed by atoms with Crippen molar-refractivity contribution < 1.29 is 9.47 Å². The fourth-order valence-electron chi connectivity index (χ4n) is 4.72. The number of rotatable bonds is 2. The molecular weight excluding hydrogens is 498 g/mol. The number of fused-ring (bicyclic) bond motifs is 2. The maximum atomic E-state index is 5.86. The van der Waals surface area contributed by atoms with E-state index in [0.29, 0.717) is 19.4 Å². The molecule has 0 radical (unpaired) electrons. The first-order valence-electron chi connectivity index (χ1n) is 13.8. The van der Waals surface area contributed by atoms with Crippen molar-refractivity contribution in [3.63, 3.8) is 0 Å². The van der Waals surface area contributed by atoms with Crippen LogP contribution in [0.3, 0.4) is 0 Å². The van der Waals surface area contributed by atoms with E-state index < -0.39 is 0 Å². The number of pyridine rings is 1. The maximum absolute atomic E-state index is 5.86. The lowest BCUT2D eigenvalue weighted by atomic mass is 9.86. The van der Waals surface area contributed by atoms with Crippen LogP contribution in [-0.4, -0.2) is 28.4 Å². The number of aromatic nitrogens is 3. The Labute approximate surface area is 237 Å². The van der Waals surface area contributed by atoms with Crippen LogP contribution in [0, 0.1) is 0 Å². The van der Waals surface area contributed by atoms with E-state index >= 15 is 0 Å². The van der Waals surface area contributed by atoms with Gasteiger partial charge in [0.05, 0.1) is 6.54 Å². The molecule has 0 amide bonds. The second kappa shape index (κ2) is 11.2. The Morgan fingerprint density at radius 1 is 0.625 bits per heavy atom. The molecule has 7 heteroatoms. The van der Waals surface area contributed by atoms with Crippen LogP contribution in [0.4, 0.5) is 11.6 Å². The minimum atomic E-state index is 0.139. The summed E-state index contributed by atoms with van der Waals surface area (Å²) < 4.78 is 11.7. The highest BCUT2D eigenvalue weighted by Gasteiger charge is 2.23. The highest BCUT2D eigenvalue weighted by atomic mass is 16.5. The van der Waals surface area contributed by atoms with E-state index in [9.17, 15) is 0 Å². The molecule has 0 fully saturated rings. The summed E-state index contributed by atoms with van der Waals surface area (Å²) in [6.07, 6.45) is 7.14. The molecule has 0 spiro atoms. The highest BCUT2D eigenvalue weighted by Crippen LogP contribution is 2.33. The second-order valence-electron chi connectivity index (χ2n) is 12.3. The molecule has 6 rings (SSSR count). The van der Waals surface area contributed by atoms with Gasteiger partial charge in [-0.3, -0.25) is 4.98 Å². The predicted octanol–water partition coefficient (Wildman–Crippen LogP) is 6.87. The summed E-state index contributed by atoms with van der Waals surface area (Å²) in [6.45, 7) is 16.1. The molecule has 7 nitrogen and oxygen atoms in total. The minimum absolute atomic E-state index is 0.139. The zero-order valence-corrected chi connectivity index (χ0v) is 24.4. The fourth-order valence-corrected chi connectivity index (χ4v) is 4.72. The largest absolute Gasteiger partial charge is 0.473 e. The molecule has 2 aliphatic heterocycles. The molecule has 40 heavy (non-hydrogen) atoms. The van der Waals surface area contributed by atoms with Crippen LogP contribution >= 0.6 is 0 Å². The van der Waals surface area contributed by atoms with Crippen LogP contribution in [-0.2, 0) is 23.9 Å². The van der Waals surface area contributed by atoms with Crippen molar-refractivity contribution in [2.75, 3.05) is 23.3 Å². The fraction of sp³-hybridized carbons (Fsp3) is 0.364. The molecule has 2 aromatic heterocycles. The van der Waals surface area contributed by atoms with Gasteiger partial charge in [-0.05, 0) is 64.4 Å². The minimum Gasteiger partial charge on any atom is -0.473 e. The van der Waals surface area contributed by atoms with Gasteiger partial charge in [0.2, 0.25) is 5.95 Å². The second-order valence-corrected chi connectivity index (χ2v) is 12.3. The molecule has 0 bridgehead atoms. The molecule has 0 N–H and O–H groups in total. The van der Waals surface area contributed by atoms with Gasteiger partial charge in [-0.25, -0.2) is 9.97 Å². The number of hydrogen-bond donors (Lipinski definition) is 0. The number of benzene rings is 2. The summed E-state index contributed by atoms with van der Waals surface area (Å²) in [5, 5.41) is 0. The third-order valence-electron chi connectivity index (χ3n) is 7.19. The molecule has 208 valence electrons. The molecule has 2 aromatic carbocycles. The summed E-state index contributed by atoms with van der Waals surface area (Å²) >= 11 is 0. The molecule has 4 heterocycles. The van der Waals surface area contributed by atoms with Crippen molar-refractivity contribution in [3.05, 3.63) is 102 Å². The predicted molar refractivity (Wildman–Crippen MR) is 160 cm³/mol. The van der Waals surface area contributed by atoms with Crippen molar-refractivity contribution in [3.8, 4) is 11.5 Å². The number of anilines is 2. The number of ether oxygens (including phenoxy) is 2. The third-order valence-corrected chi connectivity index (χ3v) is 7.19. The van der Waals surface area contributed by atoms with Gasteiger partial charge in [-0.1, -0.05) is 53.7 Å². The summed E-state index contributed by atoms with van der Waals surface area (Å²) in [5.74, 6) is 2.67. The Bertz CT molecular complexity index is 1320. The number of nitrogens with zero attached hydrogens (tertiary/aromatic N) is 5. The SMILES string of the molecule is CC(C)(C)c1ccc2c(c1)CN(c1ccncc1)CO2.CC(C)(C)c1ccc2c(c1)CN(c1ncccn1)CO2. The van der Waals surface area contributed by atoms with E-state index in [-0.39, 0.29) is 10.8 Å². The summed E-state index contributed by atoms with van der Waals surface area (Å²) in [5.41, 5.74) is 6.55. The first-order valence-corrected chi connectivity index (χ1v) is 13.8. The van der Waals surface area contributed by atoms with Crippen molar-refractivity contribution in [2.45, 2.75) is 65.5 Å². The normalized spacial score (nSPS) is 14.7. The van der Waals surface area contributed by atoms with Crippen LogP contribution in [0.25, 0.3) is 0 Å². The van der Waals surface area contributed by atoms with Crippen LogP contribution in [0.2, 0.25) is 0 Å². The Morgan fingerprint density at radius 2 is 1.12 bits per heavy atom. The van der Waals surface area contributed by atoms with E-state index in [1.807, 2.05) is 35.5 Å². The van der Waals surface area contributed by atoms with Crippen LogP contribution < -0.4 is 19.3 Å². The third kappa shape index (κ3) is 6.36. The van der Waals surface area contributed by atoms with Crippen LogP contribution in [0.5, 0.6) is 11.5 Å². The van der Waals surface area contributed by atoms with Gasteiger partial charge in [-0.2, -0.15) is 0 Å². The molecule has 2 aliphatic rings. The van der Waals surface area contributed by atoms with Gasteiger partial charge >= 0.3 is 0 Å². The molecule has 4 aromatic rings. The molecular formula is C33H39N5O2. The summed E-state index contributed by atoms with van der Waals surface area (Å²) in [4.78, 5) is 16.9. The lowest BCUT2D eigenvalue weighted by Gasteiger charge is -2.32. The van der Waals surface area contributed by atoms with Crippen LogP contribution in [0.15, 0.2) is 79.4 Å². The Kier molecular flexibility index (Phi) is 7.66. The Morgan fingerprint density at radius 3 is 1.65 bits per heavy atom. The first kappa shape index (κ1) is 27.4. The molecule has 0 unspecified atom stereocenters. The summed E-state index contributed by atoms with van der Waals surface area (Å²) in [7, 11) is 0. The van der Waals surface area contributed by atoms with Crippen molar-refractivity contribution in [2.24, 2.45) is 0 Å². The lowest BCUT2D eigenvalue weighted by molar-refractivity contribution is 0.286. The van der Waals surface area contributed by atoms with Crippen molar-refractivity contribution in [1.29, 1.82) is 0 Å². The highest BCUT2D eigenvalue weighted by molar-refractivity contribution is 5.50. The van der Waals surface area contributed by atoms with Gasteiger partial charge < -0.3 is 19.3 Å². The Balaban J connectivity index is 0.000000161. The van der Waals surface area contributed by atoms with Gasteiger partial charge in [-0.15, -0.1) is 0 Å². The van der Waals surface area contributed by atoms with Gasteiger partial charge in [0, 0.05) is 48.1 Å². The van der Waals surface area contributed by atoms with Crippen molar-refractivity contribution in [1.82, 2.24) is 15.0 Å². The molecule has 0 atom stereocenters. The van der Waals surface area contributed by atoms with Gasteiger partial charge in [0.1, 0.15) is 11.5 Å². The quantitative estimate of drug-likeness (QED) is 0.277. The first-order chi connectivity index (χ1) is 19.1. The average Bonchev–Trinajstić information content (AvgIpc) is 2.96. The van der Waals surface area contributed by atoms with E-state index in [0.717, 1.165) is 30.3 Å². The van der Waals surface area contributed by atoms with E-state index in [1.54, 1.807) is 12.4 Å². The van der Waals surface area contributed by atoms with Gasteiger partial charge in [0.25, 0.3) is 0 Å². The van der Waals surface area contributed by atoms with E-state index in [1.165, 1.54) is 22.3 Å². The zero-order chi connectivity index (χ0) is 28.3. The standard InChI is InChI=1S/C17H20N2O.C16H19N3O/c1-17(2,3)14-4-5-16-13(10-14)11-19(12-20-16)15-6-8-18-9-7-15;1-16(2,3)13-5-6-14-12(9-13)10-19(11-20-14)15-17-7-4-8-18-15/h4-10H,11-12H2,1-3H3;4-9H,10-11H2,1-3H3. The molecule has 0 aliphatic carbocycles. The summed E-state index contributed by atoms with van der Waals surface area (Å²) in [6, 6.07) is 18.8. The van der Waals surface area contributed by atoms with E-state index in [4.69, 9.17) is 9.47 Å². The topological polar surface area (TPSA) is 63.6 Å². The smallest absolute Gasteiger partial charge is 0.228 e. The Hall–Kier alpha value is -4.13. The van der Waals surface area contributed by atoms with Crippen LogP contribution in [0.1, 0.15) is 63.8 Å². The zero-order valence-electron chi connectivity index (χ0n) is 24.4. The molecule has 0 saturated heterocycles.